The molecule has 14 heavy (non-hydrogen) atoms. The lowest BCUT2D eigenvalue weighted by Crippen LogP contribution is -2.08. The van der Waals surface area contributed by atoms with Crippen LogP contribution in [0, 0.1) is 0 Å². The summed E-state index contributed by atoms with van der Waals surface area (Å²) in [6.07, 6.45) is -2.44. The van der Waals surface area contributed by atoms with Gasteiger partial charge in [-0.3, -0.25) is 0 Å². The van der Waals surface area contributed by atoms with E-state index in [1.807, 2.05) is 19.1 Å². The van der Waals surface area contributed by atoms with Gasteiger partial charge in [-0.05, 0) is 23.6 Å². The predicted octanol–water partition coefficient (Wildman–Crippen LogP) is 2.56. The molecule has 0 aliphatic heterocycles. The van der Waals surface area contributed by atoms with Crippen LogP contribution < -0.4 is 5.73 Å². The van der Waals surface area contributed by atoms with Gasteiger partial charge in [0, 0.05) is 6.42 Å². The molecule has 1 nitrogen and oxygen atoms in total. The summed E-state index contributed by atoms with van der Waals surface area (Å²) in [5.74, 6) is 0.288. The Morgan fingerprint density at radius 3 is 2.21 bits per heavy atom. The van der Waals surface area contributed by atoms with Crippen molar-refractivity contribution in [2.24, 2.45) is 5.73 Å². The molecule has 0 amide bonds. The van der Waals surface area contributed by atoms with Gasteiger partial charge in [0.2, 0.25) is 6.43 Å². The Bertz CT molecular complexity index is 269. The highest BCUT2D eigenvalue weighted by Crippen LogP contribution is 2.15. The van der Waals surface area contributed by atoms with Crippen LogP contribution in [-0.4, -0.2) is 13.0 Å². The van der Waals surface area contributed by atoms with Crippen molar-refractivity contribution in [1.82, 2.24) is 0 Å². The van der Waals surface area contributed by atoms with E-state index in [-0.39, 0.29) is 12.3 Å². The molecule has 0 spiro atoms. The molecule has 0 aromatic heterocycles. The average molecular weight is 199 g/mol. The van der Waals surface area contributed by atoms with Crippen molar-refractivity contribution in [3.05, 3.63) is 35.4 Å². The van der Waals surface area contributed by atoms with E-state index in [1.54, 1.807) is 12.1 Å². The molecule has 1 atom stereocenters. The van der Waals surface area contributed by atoms with Crippen LogP contribution in [0.25, 0.3) is 0 Å². The highest BCUT2D eigenvalue weighted by Gasteiger charge is 2.06. The maximum atomic E-state index is 12.0. The normalized spacial score (nSPS) is 13.2. The average Bonchev–Trinajstić information content (AvgIpc) is 2.17. The minimum absolute atomic E-state index is 0.169. The molecule has 0 saturated heterocycles. The van der Waals surface area contributed by atoms with Crippen molar-refractivity contribution in [2.75, 3.05) is 6.54 Å². The fraction of sp³-hybridized carbons (Fsp3) is 0.455. The summed E-state index contributed by atoms with van der Waals surface area (Å²) in [7, 11) is 0. The van der Waals surface area contributed by atoms with Crippen molar-refractivity contribution in [3.63, 3.8) is 0 Å². The Balaban J connectivity index is 2.68. The Morgan fingerprint density at radius 2 is 1.79 bits per heavy atom. The highest BCUT2D eigenvalue weighted by molar-refractivity contribution is 5.25. The van der Waals surface area contributed by atoms with Crippen molar-refractivity contribution < 1.29 is 8.78 Å². The molecular weight excluding hydrogens is 184 g/mol. The summed E-state index contributed by atoms with van der Waals surface area (Å²) in [5.41, 5.74) is 7.28. The van der Waals surface area contributed by atoms with Crippen LogP contribution in [-0.2, 0) is 6.42 Å². The monoisotopic (exact) mass is 199 g/mol. The number of hydrogen-bond donors (Lipinski definition) is 1. The third kappa shape index (κ3) is 3.07. The second-order valence-corrected chi connectivity index (χ2v) is 3.47. The molecule has 0 heterocycles. The summed E-state index contributed by atoms with van der Waals surface area (Å²) < 4.78 is 24.1. The van der Waals surface area contributed by atoms with Gasteiger partial charge in [-0.2, -0.15) is 0 Å². The van der Waals surface area contributed by atoms with E-state index >= 15 is 0 Å². The maximum absolute atomic E-state index is 12.0. The number of rotatable bonds is 4. The second kappa shape index (κ2) is 5.05. The minimum atomic E-state index is -2.27. The molecule has 0 bridgehead atoms. The van der Waals surface area contributed by atoms with Gasteiger partial charge >= 0.3 is 0 Å². The van der Waals surface area contributed by atoms with Crippen molar-refractivity contribution in [3.8, 4) is 0 Å². The van der Waals surface area contributed by atoms with Gasteiger partial charge in [0.1, 0.15) is 0 Å². The van der Waals surface area contributed by atoms with Gasteiger partial charge in [0.15, 0.2) is 0 Å². The lowest BCUT2D eigenvalue weighted by Gasteiger charge is -2.09. The summed E-state index contributed by atoms with van der Waals surface area (Å²) in [4.78, 5) is 0. The van der Waals surface area contributed by atoms with E-state index in [0.717, 1.165) is 5.56 Å². The quantitative estimate of drug-likeness (QED) is 0.792. The minimum Gasteiger partial charge on any atom is -0.330 e. The number of benzene rings is 1. The van der Waals surface area contributed by atoms with Crippen molar-refractivity contribution >= 4 is 0 Å². The Kier molecular flexibility index (Phi) is 4.01. The molecule has 0 aliphatic carbocycles. The molecule has 0 fully saturated rings. The Hall–Kier alpha value is -0.960. The van der Waals surface area contributed by atoms with Crippen molar-refractivity contribution in [2.45, 2.75) is 25.7 Å². The van der Waals surface area contributed by atoms with Gasteiger partial charge < -0.3 is 5.73 Å². The largest absolute Gasteiger partial charge is 0.330 e. The zero-order chi connectivity index (χ0) is 10.6. The zero-order valence-electron chi connectivity index (χ0n) is 8.21. The molecule has 1 aromatic carbocycles. The first-order chi connectivity index (χ1) is 6.63. The molecule has 1 rings (SSSR count). The molecule has 2 N–H and O–H groups in total. The predicted molar refractivity (Wildman–Crippen MR) is 53.6 cm³/mol. The second-order valence-electron chi connectivity index (χ2n) is 3.47. The lowest BCUT2D eigenvalue weighted by atomic mass is 9.99. The molecule has 0 saturated carbocycles. The molecule has 1 aromatic rings. The molecule has 0 radical (unpaired) electrons. The summed E-state index contributed by atoms with van der Waals surface area (Å²) >= 11 is 0. The van der Waals surface area contributed by atoms with E-state index in [2.05, 4.69) is 0 Å². The number of halogens is 2. The summed E-state index contributed by atoms with van der Waals surface area (Å²) in [6.45, 7) is 2.59. The van der Waals surface area contributed by atoms with E-state index in [4.69, 9.17) is 5.73 Å². The Labute approximate surface area is 82.9 Å². The fourth-order valence-electron chi connectivity index (χ4n) is 1.30. The van der Waals surface area contributed by atoms with Crippen LogP contribution in [0.2, 0.25) is 0 Å². The molecule has 0 aliphatic rings. The third-order valence-electron chi connectivity index (χ3n) is 2.29. The molecular formula is C11H15F2N. The number of alkyl halides is 2. The van der Waals surface area contributed by atoms with Crippen molar-refractivity contribution in [1.29, 1.82) is 0 Å². The van der Waals surface area contributed by atoms with Crippen LogP contribution >= 0.6 is 0 Å². The van der Waals surface area contributed by atoms with Crippen LogP contribution in [0.4, 0.5) is 8.78 Å². The van der Waals surface area contributed by atoms with Gasteiger partial charge in [-0.1, -0.05) is 31.2 Å². The van der Waals surface area contributed by atoms with Crippen LogP contribution in [0.3, 0.4) is 0 Å². The third-order valence-corrected chi connectivity index (χ3v) is 2.29. The molecule has 78 valence electrons. The molecule has 3 heteroatoms. The fourth-order valence-corrected chi connectivity index (χ4v) is 1.30. The number of nitrogens with two attached hydrogens (primary N) is 1. The SMILES string of the molecule is CC(CN)c1ccc(CC(F)F)cc1. The van der Waals surface area contributed by atoms with E-state index in [9.17, 15) is 8.78 Å². The van der Waals surface area contributed by atoms with Crippen LogP contribution in [0.15, 0.2) is 24.3 Å². The topological polar surface area (TPSA) is 26.0 Å². The van der Waals surface area contributed by atoms with Crippen LogP contribution in [0.5, 0.6) is 0 Å². The Morgan fingerprint density at radius 1 is 1.21 bits per heavy atom. The summed E-state index contributed by atoms with van der Waals surface area (Å²) in [5, 5.41) is 0. The van der Waals surface area contributed by atoms with Gasteiger partial charge in [0.25, 0.3) is 0 Å². The standard InChI is InChI=1S/C11H15F2N/c1-8(7-14)10-4-2-9(3-5-10)6-11(12)13/h2-5,8,11H,6-7,14H2,1H3. The first-order valence-corrected chi connectivity index (χ1v) is 4.70. The van der Waals surface area contributed by atoms with E-state index in [0.29, 0.717) is 12.1 Å². The molecule has 1 unspecified atom stereocenters. The number of hydrogen-bond acceptors (Lipinski definition) is 1. The van der Waals surface area contributed by atoms with Gasteiger partial charge in [0.05, 0.1) is 0 Å². The zero-order valence-corrected chi connectivity index (χ0v) is 8.21. The van der Waals surface area contributed by atoms with E-state index in [1.165, 1.54) is 0 Å². The van der Waals surface area contributed by atoms with Gasteiger partial charge in [-0.15, -0.1) is 0 Å². The lowest BCUT2D eigenvalue weighted by molar-refractivity contribution is 0.149. The summed E-state index contributed by atoms with van der Waals surface area (Å²) in [6, 6.07) is 7.23. The van der Waals surface area contributed by atoms with E-state index < -0.39 is 6.43 Å². The van der Waals surface area contributed by atoms with Crippen LogP contribution in [0.1, 0.15) is 24.0 Å². The maximum Gasteiger partial charge on any atom is 0.242 e. The first kappa shape index (κ1) is 11.1. The first-order valence-electron chi connectivity index (χ1n) is 4.70. The smallest absolute Gasteiger partial charge is 0.242 e. The highest BCUT2D eigenvalue weighted by atomic mass is 19.3. The van der Waals surface area contributed by atoms with Gasteiger partial charge in [-0.25, -0.2) is 8.78 Å².